The van der Waals surface area contributed by atoms with Crippen LogP contribution in [0.25, 0.3) is 0 Å². The third-order valence-corrected chi connectivity index (χ3v) is 5.21. The van der Waals surface area contributed by atoms with Crippen LogP contribution >= 0.6 is 0 Å². The SMILES string of the molecule is CCCN(CC(CC)CC)C1(CN)CCCCCC1. The molecule has 0 saturated heterocycles. The predicted molar refractivity (Wildman–Crippen MR) is 85.4 cm³/mol. The molecule has 19 heavy (non-hydrogen) atoms. The third-order valence-electron chi connectivity index (χ3n) is 5.21. The Labute approximate surface area is 121 Å². The molecule has 1 saturated carbocycles. The van der Waals surface area contributed by atoms with Crippen molar-refractivity contribution in [3.05, 3.63) is 0 Å². The van der Waals surface area contributed by atoms with Crippen LogP contribution < -0.4 is 5.73 Å². The molecule has 1 aliphatic carbocycles. The van der Waals surface area contributed by atoms with E-state index in [1.165, 1.54) is 70.9 Å². The molecule has 0 spiro atoms. The second kappa shape index (κ2) is 8.97. The highest BCUT2D eigenvalue weighted by Crippen LogP contribution is 2.33. The molecule has 2 nitrogen and oxygen atoms in total. The maximum absolute atomic E-state index is 6.26. The van der Waals surface area contributed by atoms with Gasteiger partial charge in [0.2, 0.25) is 0 Å². The molecule has 2 N–H and O–H groups in total. The van der Waals surface area contributed by atoms with E-state index in [2.05, 4.69) is 25.7 Å². The van der Waals surface area contributed by atoms with Crippen molar-refractivity contribution >= 4 is 0 Å². The lowest BCUT2D eigenvalue weighted by Crippen LogP contribution is -2.55. The largest absolute Gasteiger partial charge is 0.329 e. The lowest BCUT2D eigenvalue weighted by Gasteiger charge is -2.45. The molecule has 1 fully saturated rings. The van der Waals surface area contributed by atoms with Crippen molar-refractivity contribution in [3.63, 3.8) is 0 Å². The van der Waals surface area contributed by atoms with Gasteiger partial charge >= 0.3 is 0 Å². The Bertz CT molecular complexity index is 215. The zero-order valence-electron chi connectivity index (χ0n) is 13.6. The van der Waals surface area contributed by atoms with Crippen LogP contribution in [0.3, 0.4) is 0 Å². The van der Waals surface area contributed by atoms with Crippen LogP contribution in [0.5, 0.6) is 0 Å². The average Bonchev–Trinajstić information content (AvgIpc) is 2.69. The molecule has 0 unspecified atom stereocenters. The summed E-state index contributed by atoms with van der Waals surface area (Å²) in [5, 5.41) is 0. The number of hydrogen-bond acceptors (Lipinski definition) is 2. The molecular formula is C17H36N2. The molecule has 2 heteroatoms. The molecule has 0 aromatic rings. The highest BCUT2D eigenvalue weighted by molar-refractivity contribution is 4.93. The first-order chi connectivity index (χ1) is 9.22. The van der Waals surface area contributed by atoms with Crippen molar-refractivity contribution in [1.29, 1.82) is 0 Å². The molecule has 1 rings (SSSR count). The van der Waals surface area contributed by atoms with Crippen LogP contribution in [0.4, 0.5) is 0 Å². The molecular weight excluding hydrogens is 232 g/mol. The highest BCUT2D eigenvalue weighted by Gasteiger charge is 2.35. The number of nitrogens with zero attached hydrogens (tertiary/aromatic N) is 1. The van der Waals surface area contributed by atoms with Gasteiger partial charge in [-0.2, -0.15) is 0 Å². The topological polar surface area (TPSA) is 29.3 Å². The standard InChI is InChI=1S/C17H36N2/c1-4-13-19(14-16(5-2)6-3)17(15-18)11-9-7-8-10-12-17/h16H,4-15,18H2,1-3H3. The van der Waals surface area contributed by atoms with Gasteiger partial charge in [0, 0.05) is 18.6 Å². The van der Waals surface area contributed by atoms with Crippen molar-refractivity contribution in [2.75, 3.05) is 19.6 Å². The Kier molecular flexibility index (Phi) is 8.01. The Morgan fingerprint density at radius 3 is 2.00 bits per heavy atom. The van der Waals surface area contributed by atoms with Gasteiger partial charge < -0.3 is 5.73 Å². The van der Waals surface area contributed by atoms with Gasteiger partial charge in [-0.25, -0.2) is 0 Å². The fourth-order valence-electron chi connectivity index (χ4n) is 3.69. The van der Waals surface area contributed by atoms with Crippen LogP contribution in [-0.2, 0) is 0 Å². The first-order valence-corrected chi connectivity index (χ1v) is 8.67. The summed E-state index contributed by atoms with van der Waals surface area (Å²) in [4.78, 5) is 2.77. The van der Waals surface area contributed by atoms with Crippen molar-refractivity contribution in [1.82, 2.24) is 4.90 Å². The van der Waals surface area contributed by atoms with Gasteiger partial charge in [0.15, 0.2) is 0 Å². The van der Waals surface area contributed by atoms with Crippen molar-refractivity contribution in [2.45, 2.75) is 84.1 Å². The zero-order chi connectivity index (χ0) is 14.1. The fraction of sp³-hybridized carbons (Fsp3) is 1.00. The van der Waals surface area contributed by atoms with Crippen LogP contribution in [0.1, 0.15) is 78.6 Å². The molecule has 114 valence electrons. The third kappa shape index (κ3) is 4.75. The summed E-state index contributed by atoms with van der Waals surface area (Å²) in [7, 11) is 0. The van der Waals surface area contributed by atoms with Crippen LogP contribution in [0, 0.1) is 5.92 Å². The van der Waals surface area contributed by atoms with Crippen molar-refractivity contribution < 1.29 is 0 Å². The van der Waals surface area contributed by atoms with E-state index in [9.17, 15) is 0 Å². The summed E-state index contributed by atoms with van der Waals surface area (Å²) in [5.41, 5.74) is 6.57. The minimum Gasteiger partial charge on any atom is -0.329 e. The first kappa shape index (κ1) is 17.0. The monoisotopic (exact) mass is 268 g/mol. The molecule has 0 heterocycles. The highest BCUT2D eigenvalue weighted by atomic mass is 15.2. The number of hydrogen-bond donors (Lipinski definition) is 1. The average molecular weight is 268 g/mol. The van der Waals surface area contributed by atoms with Gasteiger partial charge in [-0.3, -0.25) is 4.90 Å². The van der Waals surface area contributed by atoms with Crippen LogP contribution in [0.15, 0.2) is 0 Å². The summed E-state index contributed by atoms with van der Waals surface area (Å²) >= 11 is 0. The van der Waals surface area contributed by atoms with E-state index < -0.39 is 0 Å². The zero-order valence-corrected chi connectivity index (χ0v) is 13.6. The van der Waals surface area contributed by atoms with E-state index >= 15 is 0 Å². The molecule has 0 aromatic carbocycles. The second-order valence-corrected chi connectivity index (χ2v) is 6.47. The Morgan fingerprint density at radius 2 is 1.58 bits per heavy atom. The second-order valence-electron chi connectivity index (χ2n) is 6.47. The van der Waals surface area contributed by atoms with Crippen molar-refractivity contribution in [3.8, 4) is 0 Å². The molecule has 0 aromatic heterocycles. The fourth-order valence-corrected chi connectivity index (χ4v) is 3.69. The molecule has 0 amide bonds. The van der Waals surface area contributed by atoms with Gasteiger partial charge in [0.25, 0.3) is 0 Å². The van der Waals surface area contributed by atoms with E-state index in [4.69, 9.17) is 5.73 Å². The minimum absolute atomic E-state index is 0.315. The number of nitrogens with two attached hydrogens (primary N) is 1. The van der Waals surface area contributed by atoms with E-state index in [0.717, 1.165) is 12.5 Å². The smallest absolute Gasteiger partial charge is 0.0331 e. The van der Waals surface area contributed by atoms with E-state index in [1.54, 1.807) is 0 Å². The van der Waals surface area contributed by atoms with Gasteiger partial charge in [0.1, 0.15) is 0 Å². The summed E-state index contributed by atoms with van der Waals surface area (Å²) in [6, 6.07) is 0. The Hall–Kier alpha value is -0.0800. The molecule has 0 bridgehead atoms. The predicted octanol–water partition coefficient (Wildman–Crippen LogP) is 4.19. The Balaban J connectivity index is 2.79. The maximum Gasteiger partial charge on any atom is 0.0331 e. The summed E-state index contributed by atoms with van der Waals surface area (Å²) in [6.45, 7) is 10.3. The van der Waals surface area contributed by atoms with Gasteiger partial charge in [0.05, 0.1) is 0 Å². The van der Waals surface area contributed by atoms with Crippen LogP contribution in [0.2, 0.25) is 0 Å². The van der Waals surface area contributed by atoms with Crippen molar-refractivity contribution in [2.24, 2.45) is 11.7 Å². The Morgan fingerprint density at radius 1 is 1.00 bits per heavy atom. The summed E-state index contributed by atoms with van der Waals surface area (Å²) < 4.78 is 0. The molecule has 0 radical (unpaired) electrons. The molecule has 0 atom stereocenters. The summed E-state index contributed by atoms with van der Waals surface area (Å²) in [5.74, 6) is 0.846. The lowest BCUT2D eigenvalue weighted by molar-refractivity contribution is 0.0593. The van der Waals surface area contributed by atoms with E-state index in [-0.39, 0.29) is 0 Å². The van der Waals surface area contributed by atoms with Gasteiger partial charge in [-0.15, -0.1) is 0 Å². The first-order valence-electron chi connectivity index (χ1n) is 8.67. The van der Waals surface area contributed by atoms with Gasteiger partial charge in [-0.1, -0.05) is 59.3 Å². The van der Waals surface area contributed by atoms with E-state index in [0.29, 0.717) is 5.54 Å². The molecule has 0 aliphatic heterocycles. The quantitative estimate of drug-likeness (QED) is 0.669. The summed E-state index contributed by atoms with van der Waals surface area (Å²) in [6.07, 6.45) is 12.1. The maximum atomic E-state index is 6.26. The lowest BCUT2D eigenvalue weighted by atomic mass is 9.86. The van der Waals surface area contributed by atoms with Crippen LogP contribution in [-0.4, -0.2) is 30.1 Å². The normalized spacial score (nSPS) is 19.9. The van der Waals surface area contributed by atoms with Gasteiger partial charge in [-0.05, 0) is 31.7 Å². The minimum atomic E-state index is 0.315. The van der Waals surface area contributed by atoms with E-state index in [1.807, 2.05) is 0 Å². The number of rotatable bonds is 8. The molecule has 1 aliphatic rings.